The minimum absolute atomic E-state index is 0.322. The van der Waals surface area contributed by atoms with Crippen LogP contribution in [0.3, 0.4) is 0 Å². The normalized spacial score (nSPS) is 40.7. The van der Waals surface area contributed by atoms with Gasteiger partial charge in [0.25, 0.3) is 0 Å². The molecule has 0 aromatic heterocycles. The molecule has 122 valence electrons. The number of hydrogen-bond acceptors (Lipinski definition) is 2. The summed E-state index contributed by atoms with van der Waals surface area (Å²) in [5.41, 5.74) is 0. The maximum absolute atomic E-state index is 12.8. The predicted molar refractivity (Wildman–Crippen MR) is 77.1 cm³/mol. The van der Waals surface area contributed by atoms with Gasteiger partial charge < -0.3 is 5.32 Å². The first kappa shape index (κ1) is 15.6. The summed E-state index contributed by atoms with van der Waals surface area (Å²) < 4.78 is 38.4. The molecule has 0 spiro atoms. The van der Waals surface area contributed by atoms with Crippen LogP contribution < -0.4 is 5.32 Å². The third-order valence-corrected chi connectivity index (χ3v) is 5.91. The Morgan fingerprint density at radius 1 is 0.905 bits per heavy atom. The van der Waals surface area contributed by atoms with E-state index in [0.717, 1.165) is 19.4 Å². The molecule has 2 bridgehead atoms. The second-order valence-corrected chi connectivity index (χ2v) is 7.14. The van der Waals surface area contributed by atoms with E-state index in [1.807, 2.05) is 0 Å². The highest BCUT2D eigenvalue weighted by atomic mass is 19.4. The number of nitrogens with zero attached hydrogens (tertiary/aromatic N) is 1. The van der Waals surface area contributed by atoms with E-state index in [0.29, 0.717) is 37.0 Å². The van der Waals surface area contributed by atoms with Gasteiger partial charge in [0.15, 0.2) is 0 Å². The van der Waals surface area contributed by atoms with Crippen molar-refractivity contribution in [1.29, 1.82) is 0 Å². The summed E-state index contributed by atoms with van der Waals surface area (Å²) in [7, 11) is 0. The lowest BCUT2D eigenvalue weighted by atomic mass is 9.83. The van der Waals surface area contributed by atoms with E-state index >= 15 is 0 Å². The molecule has 21 heavy (non-hydrogen) atoms. The number of piperidine rings is 1. The Kier molecular flexibility index (Phi) is 4.51. The smallest absolute Gasteiger partial charge is 0.311 e. The molecule has 2 heterocycles. The van der Waals surface area contributed by atoms with Crippen LogP contribution in [0.5, 0.6) is 0 Å². The summed E-state index contributed by atoms with van der Waals surface area (Å²) >= 11 is 0. The Morgan fingerprint density at radius 2 is 1.48 bits per heavy atom. The lowest BCUT2D eigenvalue weighted by Gasteiger charge is -2.44. The monoisotopic (exact) mass is 304 g/mol. The molecule has 0 radical (unpaired) electrons. The molecule has 0 amide bonds. The van der Waals surface area contributed by atoms with E-state index in [9.17, 15) is 13.2 Å². The van der Waals surface area contributed by atoms with Crippen LogP contribution in [0.2, 0.25) is 0 Å². The van der Waals surface area contributed by atoms with Crippen LogP contribution in [0.4, 0.5) is 13.2 Å². The number of rotatable bonds is 3. The van der Waals surface area contributed by atoms with Crippen LogP contribution >= 0.6 is 0 Å². The summed E-state index contributed by atoms with van der Waals surface area (Å²) in [4.78, 5) is 2.53. The van der Waals surface area contributed by atoms with Gasteiger partial charge in [0.2, 0.25) is 0 Å². The Balaban J connectivity index is 1.57. The quantitative estimate of drug-likeness (QED) is 0.855. The minimum atomic E-state index is -3.99. The Morgan fingerprint density at radius 3 is 1.95 bits per heavy atom. The molecule has 2 aliphatic heterocycles. The largest absolute Gasteiger partial charge is 0.391 e. The molecule has 2 saturated heterocycles. The average Bonchev–Trinajstić information content (AvgIpc) is 2.78. The molecule has 2 unspecified atom stereocenters. The summed E-state index contributed by atoms with van der Waals surface area (Å²) in [5.74, 6) is -1.06. The van der Waals surface area contributed by atoms with Crippen molar-refractivity contribution >= 4 is 0 Å². The highest BCUT2D eigenvalue weighted by Crippen LogP contribution is 2.40. The van der Waals surface area contributed by atoms with Crippen LogP contribution in [-0.4, -0.2) is 41.8 Å². The lowest BCUT2D eigenvalue weighted by Crippen LogP contribution is -2.52. The molecule has 0 aromatic rings. The van der Waals surface area contributed by atoms with Crippen LogP contribution in [0.25, 0.3) is 0 Å². The predicted octanol–water partition coefficient (Wildman–Crippen LogP) is 3.71. The number of halogens is 3. The zero-order valence-electron chi connectivity index (χ0n) is 12.8. The van der Waals surface area contributed by atoms with Gasteiger partial charge in [-0.1, -0.05) is 6.92 Å². The lowest BCUT2D eigenvalue weighted by molar-refractivity contribution is -0.185. The zero-order valence-corrected chi connectivity index (χ0v) is 12.8. The summed E-state index contributed by atoms with van der Waals surface area (Å²) in [6.45, 7) is 3.14. The molecular formula is C16H27F3N2. The molecule has 2 atom stereocenters. The molecule has 5 heteroatoms. The van der Waals surface area contributed by atoms with E-state index in [-0.39, 0.29) is 0 Å². The fourth-order valence-corrected chi connectivity index (χ4v) is 4.85. The SMILES string of the molecule is CCN(C1CCC(C(F)(F)F)CC1)C1CC2CCC(C1)N2. The first-order valence-electron chi connectivity index (χ1n) is 8.56. The van der Waals surface area contributed by atoms with Gasteiger partial charge in [-0.15, -0.1) is 0 Å². The molecule has 3 fully saturated rings. The highest BCUT2D eigenvalue weighted by Gasteiger charge is 2.44. The number of alkyl halides is 3. The fourth-order valence-electron chi connectivity index (χ4n) is 4.85. The average molecular weight is 304 g/mol. The highest BCUT2D eigenvalue weighted by molar-refractivity contribution is 4.97. The second kappa shape index (κ2) is 6.07. The van der Waals surface area contributed by atoms with Crippen LogP contribution in [0, 0.1) is 5.92 Å². The molecule has 3 rings (SSSR count). The van der Waals surface area contributed by atoms with Crippen LogP contribution in [0.1, 0.15) is 58.3 Å². The number of fused-ring (bicyclic) bond motifs is 2. The van der Waals surface area contributed by atoms with E-state index in [1.165, 1.54) is 25.7 Å². The topological polar surface area (TPSA) is 15.3 Å². The van der Waals surface area contributed by atoms with Gasteiger partial charge in [0.05, 0.1) is 5.92 Å². The number of nitrogens with one attached hydrogen (secondary N) is 1. The van der Waals surface area contributed by atoms with Crippen molar-refractivity contribution in [3.8, 4) is 0 Å². The molecule has 1 N–H and O–H groups in total. The minimum Gasteiger partial charge on any atom is -0.311 e. The second-order valence-electron chi connectivity index (χ2n) is 7.14. The standard InChI is InChI=1S/C16H27F3N2/c1-2-21(15-9-12-5-6-13(10-15)20-12)14-7-3-11(4-8-14)16(17,18)19/h11-15,20H,2-10H2,1H3. The summed E-state index contributed by atoms with van der Waals surface area (Å²) in [5, 5.41) is 3.65. The zero-order chi connectivity index (χ0) is 15.0. The van der Waals surface area contributed by atoms with E-state index in [1.54, 1.807) is 0 Å². The van der Waals surface area contributed by atoms with Gasteiger partial charge in [-0.05, 0) is 57.9 Å². The van der Waals surface area contributed by atoms with Gasteiger partial charge in [-0.3, -0.25) is 4.90 Å². The first-order valence-corrected chi connectivity index (χ1v) is 8.56. The maximum Gasteiger partial charge on any atom is 0.391 e. The van der Waals surface area contributed by atoms with Gasteiger partial charge in [0.1, 0.15) is 0 Å². The van der Waals surface area contributed by atoms with Gasteiger partial charge in [0, 0.05) is 24.2 Å². The number of hydrogen-bond donors (Lipinski definition) is 1. The summed E-state index contributed by atoms with van der Waals surface area (Å²) in [6.07, 6.45) is 3.02. The fraction of sp³-hybridized carbons (Fsp3) is 1.00. The van der Waals surface area contributed by atoms with Gasteiger partial charge >= 0.3 is 6.18 Å². The third-order valence-electron chi connectivity index (χ3n) is 5.91. The van der Waals surface area contributed by atoms with Crippen molar-refractivity contribution in [3.05, 3.63) is 0 Å². The van der Waals surface area contributed by atoms with Crippen LogP contribution in [0.15, 0.2) is 0 Å². The van der Waals surface area contributed by atoms with E-state index < -0.39 is 12.1 Å². The van der Waals surface area contributed by atoms with Crippen molar-refractivity contribution in [2.24, 2.45) is 5.92 Å². The van der Waals surface area contributed by atoms with E-state index in [4.69, 9.17) is 0 Å². The summed E-state index contributed by atoms with van der Waals surface area (Å²) in [6, 6.07) is 2.25. The van der Waals surface area contributed by atoms with Gasteiger partial charge in [-0.2, -0.15) is 13.2 Å². The van der Waals surface area contributed by atoms with Crippen molar-refractivity contribution in [1.82, 2.24) is 10.2 Å². The third kappa shape index (κ3) is 3.39. The molecule has 2 nitrogen and oxygen atoms in total. The first-order chi connectivity index (χ1) is 9.97. The van der Waals surface area contributed by atoms with Gasteiger partial charge in [-0.25, -0.2) is 0 Å². The molecule has 0 aromatic carbocycles. The van der Waals surface area contributed by atoms with Crippen molar-refractivity contribution in [2.75, 3.05) is 6.54 Å². The van der Waals surface area contributed by atoms with Crippen LogP contribution in [-0.2, 0) is 0 Å². The van der Waals surface area contributed by atoms with E-state index in [2.05, 4.69) is 17.1 Å². The van der Waals surface area contributed by atoms with Crippen molar-refractivity contribution in [3.63, 3.8) is 0 Å². The molecule has 1 saturated carbocycles. The maximum atomic E-state index is 12.8. The Hall–Kier alpha value is -0.290. The Bertz CT molecular complexity index is 338. The van der Waals surface area contributed by atoms with Crippen molar-refractivity contribution in [2.45, 2.75) is 88.6 Å². The molecule has 1 aliphatic carbocycles. The Labute approximate surface area is 125 Å². The van der Waals surface area contributed by atoms with Crippen molar-refractivity contribution < 1.29 is 13.2 Å². The molecule has 3 aliphatic rings. The molecular weight excluding hydrogens is 277 g/mol.